The molecule has 0 saturated carbocycles. The largest absolute Gasteiger partial charge is 0.480 e. The smallest absolute Gasteiger partial charge is 0.326 e. The molecule has 3 aromatic carbocycles. The van der Waals surface area contributed by atoms with Crippen LogP contribution in [0.1, 0.15) is 89.3 Å². The molecule has 442 valence electrons. The molecule has 11 atom stereocenters. The molecule has 7 rings (SSSR count). The number of carboxylic acids is 1. The molecule has 3 aromatic rings. The monoisotopic (exact) mass is 1140 g/mol. The number of aliphatic carboxylic acids is 1. The first kappa shape index (κ1) is 62.1. The molecule has 0 radical (unpaired) electrons. The normalized spacial score (nSPS) is 20.4. The number of rotatable bonds is 29. The molecule has 8 amide bonds. The second-order valence-electron chi connectivity index (χ2n) is 22.2. The third-order valence-corrected chi connectivity index (χ3v) is 14.9. The van der Waals surface area contributed by atoms with E-state index in [0.717, 1.165) is 6.42 Å². The lowest BCUT2D eigenvalue weighted by atomic mass is 9.98. The van der Waals surface area contributed by atoms with Gasteiger partial charge in [-0.15, -0.1) is 0 Å². The van der Waals surface area contributed by atoms with Crippen LogP contribution in [0.5, 0.6) is 0 Å². The zero-order valence-corrected chi connectivity index (χ0v) is 47.3. The minimum absolute atomic E-state index is 0.00686. The Hall–Kier alpha value is -8.47. The van der Waals surface area contributed by atoms with E-state index in [-0.39, 0.29) is 63.3 Å². The van der Waals surface area contributed by atoms with Crippen molar-refractivity contribution in [3.05, 3.63) is 108 Å². The van der Waals surface area contributed by atoms with Crippen molar-refractivity contribution < 1.29 is 48.3 Å². The van der Waals surface area contributed by atoms with Gasteiger partial charge in [-0.25, -0.2) is 14.8 Å². The fourth-order valence-corrected chi connectivity index (χ4v) is 10.5. The molecular formula is C60H77N13O10. The summed E-state index contributed by atoms with van der Waals surface area (Å²) in [5, 5.41) is 32.8. The maximum absolute atomic E-state index is 14.8. The van der Waals surface area contributed by atoms with Crippen LogP contribution in [0.15, 0.2) is 111 Å². The zero-order chi connectivity index (χ0) is 59.4. The molecule has 0 aliphatic carbocycles. The summed E-state index contributed by atoms with van der Waals surface area (Å²) in [6, 6.07) is 15.2. The minimum Gasteiger partial charge on any atom is -0.480 e. The van der Waals surface area contributed by atoms with E-state index in [1.807, 2.05) is 13.8 Å². The van der Waals surface area contributed by atoms with Crippen molar-refractivity contribution in [1.29, 1.82) is 0 Å². The van der Waals surface area contributed by atoms with Gasteiger partial charge in [-0.2, -0.15) is 0 Å². The van der Waals surface area contributed by atoms with Crippen molar-refractivity contribution >= 4 is 78.3 Å². The third kappa shape index (κ3) is 18.5. The van der Waals surface area contributed by atoms with E-state index in [1.165, 1.54) is 23.8 Å². The zero-order valence-electron chi connectivity index (χ0n) is 47.3. The predicted molar refractivity (Wildman–Crippen MR) is 312 cm³/mol. The van der Waals surface area contributed by atoms with Gasteiger partial charge in [0, 0.05) is 51.1 Å². The van der Waals surface area contributed by atoms with Gasteiger partial charge in [0.15, 0.2) is 0 Å². The summed E-state index contributed by atoms with van der Waals surface area (Å²) in [4.78, 5) is 145. The van der Waals surface area contributed by atoms with Gasteiger partial charge in [0.1, 0.15) is 61.0 Å². The highest BCUT2D eigenvalue weighted by Gasteiger charge is 2.42. The number of carboxylic acid groups (broad SMARTS) is 1. The Morgan fingerprint density at radius 3 is 1.52 bits per heavy atom. The summed E-state index contributed by atoms with van der Waals surface area (Å²) in [6.45, 7) is 7.96. The van der Waals surface area contributed by atoms with Crippen LogP contribution < -0.4 is 42.5 Å². The van der Waals surface area contributed by atoms with Crippen LogP contribution in [0.4, 0.5) is 0 Å². The Labute approximate surface area is 483 Å². The molecule has 23 heteroatoms. The molecule has 2 fully saturated rings. The van der Waals surface area contributed by atoms with Crippen molar-refractivity contribution in [1.82, 2.24) is 47.4 Å². The Morgan fingerprint density at radius 1 is 0.542 bits per heavy atom. The van der Waals surface area contributed by atoms with Crippen LogP contribution in [0.25, 0.3) is 0 Å². The second-order valence-corrected chi connectivity index (χ2v) is 22.2. The van der Waals surface area contributed by atoms with Crippen molar-refractivity contribution in [3.8, 4) is 0 Å². The Balaban J connectivity index is 1.08. The fraction of sp³-hybridized carbons (Fsp3) is 0.483. The number of nitrogens with zero attached hydrogens (tertiary/aromatic N) is 5. The third-order valence-electron chi connectivity index (χ3n) is 14.9. The van der Waals surface area contributed by atoms with Crippen LogP contribution in [0, 0.1) is 11.8 Å². The summed E-state index contributed by atoms with van der Waals surface area (Å²) in [7, 11) is 0. The van der Waals surface area contributed by atoms with Crippen LogP contribution >= 0.6 is 0 Å². The standard InChI is InChI=1S/C60H77N13O10/c1-36(2)26-44(53(75)67-46(28-39-18-10-6-11-19-39)56(78)72-51(37(3)4)58(80)71-49(60(82)83)29-40-20-12-7-13-21-40)66-55(77)47(30-41-32-61-34-64-41)68-54(76)45(27-38-16-8-5-9-17-38)69-57(79)50-23-15-25-73(50)59(81)48(31-42-33-62-35-65-42)70-52(74)43-22-14-24-63-43/h5-13,16-21,32-37,41-51,63H,14-15,22-31H2,1-4H3,(H,66,77)(H,67,75)(H,68,76)(H,69,79)(H,70,74)(H,71,80)(H,72,78)(H,82,83). The van der Waals surface area contributed by atoms with Crippen molar-refractivity contribution in [2.45, 2.75) is 158 Å². The topological polar surface area (TPSA) is 323 Å². The highest BCUT2D eigenvalue weighted by molar-refractivity contribution is 5.99. The maximum atomic E-state index is 14.8. The van der Waals surface area contributed by atoms with Crippen molar-refractivity contribution in [3.63, 3.8) is 0 Å². The number of aliphatic imine (C=N–C) groups is 4. The minimum atomic E-state index is -1.36. The maximum Gasteiger partial charge on any atom is 0.326 e. The molecule has 2 saturated heterocycles. The Bertz CT molecular complexity index is 2840. The quantitative estimate of drug-likeness (QED) is 0.0478. The van der Waals surface area contributed by atoms with Crippen molar-refractivity contribution in [2.75, 3.05) is 13.1 Å². The van der Waals surface area contributed by atoms with Gasteiger partial charge in [0.2, 0.25) is 47.3 Å². The molecule has 4 heterocycles. The molecular weight excluding hydrogens is 1060 g/mol. The van der Waals surface area contributed by atoms with Gasteiger partial charge in [-0.3, -0.25) is 48.3 Å². The van der Waals surface area contributed by atoms with E-state index in [1.54, 1.807) is 111 Å². The van der Waals surface area contributed by atoms with Crippen LogP contribution in [0.3, 0.4) is 0 Å². The van der Waals surface area contributed by atoms with E-state index in [0.29, 0.717) is 36.1 Å². The predicted octanol–water partition coefficient (Wildman–Crippen LogP) is 1.38. The number of hydrogen-bond acceptors (Lipinski definition) is 14. The molecule has 23 nitrogen and oxygen atoms in total. The molecule has 4 aliphatic heterocycles. The van der Waals surface area contributed by atoms with E-state index in [9.17, 15) is 48.3 Å². The second kappa shape index (κ2) is 30.5. The summed E-state index contributed by atoms with van der Waals surface area (Å²) < 4.78 is 0. The van der Waals surface area contributed by atoms with Crippen LogP contribution in [0.2, 0.25) is 0 Å². The molecule has 0 aromatic heterocycles. The number of hydrogen-bond donors (Lipinski definition) is 9. The number of amides is 8. The van der Waals surface area contributed by atoms with Gasteiger partial charge in [-0.1, -0.05) is 119 Å². The first-order valence-electron chi connectivity index (χ1n) is 28.5. The number of carbonyl (C=O) groups excluding carboxylic acids is 8. The number of likely N-dealkylation sites (tertiary alicyclic amines) is 1. The van der Waals surface area contributed by atoms with Crippen LogP contribution in [-0.4, -0.2) is 168 Å². The molecule has 0 bridgehead atoms. The average molecular weight is 1140 g/mol. The Kier molecular flexibility index (Phi) is 22.9. The summed E-state index contributed by atoms with van der Waals surface area (Å²) in [5.74, 6) is -7.10. The number of carbonyl (C=O) groups is 9. The Morgan fingerprint density at radius 2 is 1.01 bits per heavy atom. The molecule has 83 heavy (non-hydrogen) atoms. The van der Waals surface area contributed by atoms with Gasteiger partial charge >= 0.3 is 5.97 Å². The average Bonchev–Trinajstić information content (AvgIpc) is 4.57. The van der Waals surface area contributed by atoms with E-state index < -0.39 is 120 Å². The fourth-order valence-electron chi connectivity index (χ4n) is 10.5. The van der Waals surface area contributed by atoms with Gasteiger partial charge in [-0.05, 0) is 67.2 Å². The summed E-state index contributed by atoms with van der Waals surface area (Å²) in [5.41, 5.74) is 2.02. The molecule has 0 spiro atoms. The SMILES string of the molecule is CC(C)CC(NC(=O)C(CC1C=NC=N1)NC(=O)C(Cc1ccccc1)NC(=O)C1CCCN1C(=O)C(CC1C=NC=N1)NC(=O)C1CCCN1)C(=O)NC(Cc1ccccc1)C(=O)NC(C(=O)NC(Cc1ccccc1)C(=O)O)C(C)C. The van der Waals surface area contributed by atoms with Crippen molar-refractivity contribution in [2.24, 2.45) is 31.8 Å². The van der Waals surface area contributed by atoms with E-state index >= 15 is 0 Å². The molecule has 11 unspecified atom stereocenters. The number of nitrogens with one attached hydrogen (secondary N) is 8. The first-order chi connectivity index (χ1) is 39.9. The summed E-state index contributed by atoms with van der Waals surface area (Å²) >= 11 is 0. The van der Waals surface area contributed by atoms with Gasteiger partial charge in [0.25, 0.3) is 0 Å². The lowest BCUT2D eigenvalue weighted by Gasteiger charge is -2.31. The summed E-state index contributed by atoms with van der Waals surface area (Å²) in [6.07, 6.45) is 8.04. The van der Waals surface area contributed by atoms with Crippen LogP contribution in [-0.2, 0) is 62.4 Å². The number of benzene rings is 3. The van der Waals surface area contributed by atoms with Gasteiger partial charge < -0.3 is 52.5 Å². The molecule has 4 aliphatic rings. The lowest BCUT2D eigenvalue weighted by Crippen LogP contribution is -2.61. The van der Waals surface area contributed by atoms with E-state index in [4.69, 9.17) is 0 Å². The highest BCUT2D eigenvalue weighted by atomic mass is 16.4. The lowest BCUT2D eigenvalue weighted by molar-refractivity contribution is -0.142. The molecule has 9 N–H and O–H groups in total. The highest BCUT2D eigenvalue weighted by Crippen LogP contribution is 2.22. The first-order valence-corrected chi connectivity index (χ1v) is 28.5. The van der Waals surface area contributed by atoms with E-state index in [2.05, 4.69) is 62.5 Å². The van der Waals surface area contributed by atoms with Gasteiger partial charge in [0.05, 0.1) is 18.1 Å².